The van der Waals surface area contributed by atoms with E-state index >= 15 is 0 Å². The summed E-state index contributed by atoms with van der Waals surface area (Å²) in [5, 5.41) is 17.0. The fraction of sp³-hybridized carbons (Fsp3) is 0.810. The van der Waals surface area contributed by atoms with Crippen LogP contribution in [0.5, 0.6) is 0 Å². The molecule has 3 aliphatic rings. The third-order valence-electron chi connectivity index (χ3n) is 6.99. The first kappa shape index (κ1) is 19.9. The molecule has 7 heteroatoms. The molecule has 7 nitrogen and oxygen atoms in total. The number of H-pyrrole nitrogens is 1. The maximum absolute atomic E-state index is 13.1. The molecule has 0 unspecified atom stereocenters. The minimum absolute atomic E-state index is 0.0663. The van der Waals surface area contributed by atoms with Crippen LogP contribution in [0.15, 0.2) is 0 Å². The van der Waals surface area contributed by atoms with Crippen molar-refractivity contribution in [2.75, 3.05) is 39.3 Å². The Hall–Kier alpha value is -1.44. The minimum Gasteiger partial charge on any atom is -0.396 e. The van der Waals surface area contributed by atoms with E-state index in [2.05, 4.69) is 33.8 Å². The fourth-order valence-corrected chi connectivity index (χ4v) is 5.32. The lowest BCUT2D eigenvalue weighted by molar-refractivity contribution is 0.00390. The summed E-state index contributed by atoms with van der Waals surface area (Å²) in [6.45, 7) is 9.36. The second-order valence-electron chi connectivity index (χ2n) is 8.90. The number of likely N-dealkylation sites (tertiary alicyclic amines) is 1. The van der Waals surface area contributed by atoms with Crippen molar-refractivity contribution >= 4 is 5.91 Å². The molecule has 0 spiro atoms. The van der Waals surface area contributed by atoms with E-state index in [1.54, 1.807) is 0 Å². The van der Waals surface area contributed by atoms with Crippen LogP contribution in [0.3, 0.4) is 0 Å². The van der Waals surface area contributed by atoms with E-state index in [0.717, 1.165) is 63.1 Å². The number of aliphatic hydroxyl groups excluding tert-OH is 1. The molecule has 0 bridgehead atoms. The van der Waals surface area contributed by atoms with E-state index in [-0.39, 0.29) is 18.6 Å². The molecule has 3 heterocycles. The summed E-state index contributed by atoms with van der Waals surface area (Å²) in [7, 11) is 0. The Morgan fingerprint density at radius 2 is 2.00 bits per heavy atom. The first-order valence-electron chi connectivity index (χ1n) is 11.0. The molecular weight excluding hydrogens is 354 g/mol. The van der Waals surface area contributed by atoms with Gasteiger partial charge in [0.05, 0.1) is 0 Å². The molecule has 156 valence electrons. The number of rotatable bonds is 5. The van der Waals surface area contributed by atoms with E-state index in [0.29, 0.717) is 24.3 Å². The second-order valence-corrected chi connectivity index (χ2v) is 8.90. The minimum atomic E-state index is 0.0663. The molecule has 28 heavy (non-hydrogen) atoms. The highest BCUT2D eigenvalue weighted by atomic mass is 16.3. The number of fused-ring (bicyclic) bond motifs is 1. The average Bonchev–Trinajstić information content (AvgIpc) is 3.31. The van der Waals surface area contributed by atoms with Gasteiger partial charge in [-0.3, -0.25) is 14.8 Å². The summed E-state index contributed by atoms with van der Waals surface area (Å²) in [5.41, 5.74) is 2.91. The zero-order valence-corrected chi connectivity index (χ0v) is 17.4. The molecule has 0 radical (unpaired) electrons. The Morgan fingerprint density at radius 1 is 1.21 bits per heavy atom. The van der Waals surface area contributed by atoms with Crippen LogP contribution in [0, 0.1) is 0 Å². The van der Waals surface area contributed by atoms with Crippen molar-refractivity contribution in [3.63, 3.8) is 0 Å². The normalized spacial score (nSPS) is 24.9. The highest BCUT2D eigenvalue weighted by Crippen LogP contribution is 2.27. The Morgan fingerprint density at radius 3 is 2.71 bits per heavy atom. The maximum Gasteiger partial charge on any atom is 0.274 e. The average molecular weight is 390 g/mol. The van der Waals surface area contributed by atoms with Crippen molar-refractivity contribution in [3.05, 3.63) is 17.0 Å². The van der Waals surface area contributed by atoms with Crippen LogP contribution in [-0.2, 0) is 12.8 Å². The van der Waals surface area contributed by atoms with Gasteiger partial charge in [0.15, 0.2) is 5.69 Å². The lowest BCUT2D eigenvalue weighted by Gasteiger charge is -2.48. The van der Waals surface area contributed by atoms with Crippen molar-refractivity contribution in [2.24, 2.45) is 0 Å². The summed E-state index contributed by atoms with van der Waals surface area (Å²) < 4.78 is 0. The summed E-state index contributed by atoms with van der Waals surface area (Å²) in [6.07, 6.45) is 6.17. The van der Waals surface area contributed by atoms with Crippen molar-refractivity contribution in [1.82, 2.24) is 24.9 Å². The van der Waals surface area contributed by atoms with Gasteiger partial charge in [-0.2, -0.15) is 5.10 Å². The molecule has 0 saturated carbocycles. The number of hydrogen-bond donors (Lipinski definition) is 2. The molecule has 2 saturated heterocycles. The summed E-state index contributed by atoms with van der Waals surface area (Å²) >= 11 is 0. The number of nitrogens with zero attached hydrogens (tertiary/aromatic N) is 4. The lowest BCUT2D eigenvalue weighted by atomic mass is 9.97. The van der Waals surface area contributed by atoms with E-state index in [4.69, 9.17) is 0 Å². The number of aliphatic hydroxyl groups is 1. The summed E-state index contributed by atoms with van der Waals surface area (Å²) in [5.74, 6) is 0.0663. The molecule has 1 aromatic heterocycles. The number of aromatic amines is 1. The molecule has 2 N–H and O–H groups in total. The van der Waals surface area contributed by atoms with Crippen LogP contribution < -0.4 is 0 Å². The topological polar surface area (TPSA) is 75.7 Å². The van der Waals surface area contributed by atoms with E-state index in [1.165, 1.54) is 12.8 Å². The molecule has 0 aromatic carbocycles. The van der Waals surface area contributed by atoms with Gasteiger partial charge in [-0.1, -0.05) is 0 Å². The second kappa shape index (κ2) is 8.51. The number of aryl methyl sites for hydroxylation is 1. The molecule has 1 aliphatic carbocycles. The van der Waals surface area contributed by atoms with Crippen molar-refractivity contribution in [3.8, 4) is 0 Å². The Labute approximate surface area is 168 Å². The van der Waals surface area contributed by atoms with Gasteiger partial charge in [0.25, 0.3) is 5.91 Å². The number of carbonyl (C=O) groups is 1. The number of nitrogens with one attached hydrogen (secondary N) is 1. The number of aromatic nitrogens is 2. The van der Waals surface area contributed by atoms with Gasteiger partial charge >= 0.3 is 0 Å². The van der Waals surface area contributed by atoms with Gasteiger partial charge in [-0.05, 0) is 65.5 Å². The molecule has 1 aromatic rings. The molecular formula is C21H35N5O2. The van der Waals surface area contributed by atoms with Crippen molar-refractivity contribution in [2.45, 2.75) is 70.5 Å². The highest BCUT2D eigenvalue weighted by Gasteiger charge is 2.36. The SMILES string of the molecule is CC(C)N1CCC(N2CCN(C(=O)c3n[nH]c4c3CCC4)C[C@@H]2CCO)CC1. The first-order chi connectivity index (χ1) is 13.6. The zero-order valence-electron chi connectivity index (χ0n) is 17.4. The smallest absolute Gasteiger partial charge is 0.274 e. The van der Waals surface area contributed by atoms with Crippen molar-refractivity contribution < 1.29 is 9.90 Å². The van der Waals surface area contributed by atoms with E-state index < -0.39 is 0 Å². The predicted molar refractivity (Wildman–Crippen MR) is 108 cm³/mol. The third kappa shape index (κ3) is 3.84. The monoisotopic (exact) mass is 389 g/mol. The van der Waals surface area contributed by atoms with Gasteiger partial charge < -0.3 is 14.9 Å². The summed E-state index contributed by atoms with van der Waals surface area (Å²) in [4.78, 5) is 20.2. The van der Waals surface area contributed by atoms with E-state index in [9.17, 15) is 9.90 Å². The zero-order chi connectivity index (χ0) is 19.7. The molecule has 2 fully saturated rings. The van der Waals surface area contributed by atoms with Crippen LogP contribution in [0.25, 0.3) is 0 Å². The van der Waals surface area contributed by atoms with Crippen molar-refractivity contribution in [1.29, 1.82) is 0 Å². The van der Waals surface area contributed by atoms with Crippen LogP contribution in [0.2, 0.25) is 0 Å². The number of hydrogen-bond acceptors (Lipinski definition) is 5. The van der Waals surface area contributed by atoms with Crippen LogP contribution in [-0.4, -0.2) is 93.4 Å². The number of piperidine rings is 1. The highest BCUT2D eigenvalue weighted by molar-refractivity contribution is 5.94. The van der Waals surface area contributed by atoms with Gasteiger partial charge in [0, 0.05) is 55.6 Å². The number of carbonyl (C=O) groups excluding carboxylic acids is 1. The van der Waals surface area contributed by atoms with Gasteiger partial charge in [-0.15, -0.1) is 0 Å². The first-order valence-corrected chi connectivity index (χ1v) is 11.0. The molecule has 4 rings (SSSR count). The standard InChI is InChI=1S/C21H35N5O2/c1-15(2)24-9-6-16(7-10-24)26-12-11-25(14-17(26)8-13-27)21(28)20-18-4-3-5-19(18)22-23-20/h15-17,27H,3-14H2,1-2H3,(H,22,23)/t17-/m0/s1. The van der Waals surface area contributed by atoms with Crippen LogP contribution >= 0.6 is 0 Å². The largest absolute Gasteiger partial charge is 0.396 e. The third-order valence-corrected chi connectivity index (χ3v) is 6.99. The van der Waals surface area contributed by atoms with Gasteiger partial charge in [0.1, 0.15) is 0 Å². The summed E-state index contributed by atoms with van der Waals surface area (Å²) in [6, 6.07) is 1.42. The Balaban J connectivity index is 1.41. The predicted octanol–water partition coefficient (Wildman–Crippen LogP) is 1.28. The fourth-order valence-electron chi connectivity index (χ4n) is 5.32. The maximum atomic E-state index is 13.1. The number of amides is 1. The van der Waals surface area contributed by atoms with Crippen LogP contribution in [0.4, 0.5) is 0 Å². The number of piperazine rings is 1. The molecule has 2 aliphatic heterocycles. The Kier molecular flexibility index (Phi) is 6.04. The van der Waals surface area contributed by atoms with Crippen LogP contribution in [0.1, 0.15) is 61.3 Å². The van der Waals surface area contributed by atoms with Gasteiger partial charge in [-0.25, -0.2) is 0 Å². The Bertz CT molecular complexity index is 680. The lowest BCUT2D eigenvalue weighted by Crippen LogP contribution is -2.60. The molecule has 1 atom stereocenters. The van der Waals surface area contributed by atoms with Gasteiger partial charge in [0.2, 0.25) is 0 Å². The quantitative estimate of drug-likeness (QED) is 0.793. The van der Waals surface area contributed by atoms with E-state index in [1.807, 2.05) is 4.90 Å². The molecule has 1 amide bonds.